The second-order valence-electron chi connectivity index (χ2n) is 6.46. The van der Waals surface area contributed by atoms with Crippen molar-refractivity contribution in [3.8, 4) is 0 Å². The minimum atomic E-state index is -0.478. The summed E-state index contributed by atoms with van der Waals surface area (Å²) in [7, 11) is 1.99. The van der Waals surface area contributed by atoms with Crippen LogP contribution in [0.3, 0.4) is 0 Å². The van der Waals surface area contributed by atoms with Crippen LogP contribution in [0.2, 0.25) is 0 Å². The van der Waals surface area contributed by atoms with Gasteiger partial charge in [0.25, 0.3) is 0 Å². The Kier molecular flexibility index (Phi) is 5.41. The third-order valence-corrected chi connectivity index (χ3v) is 3.35. The molecule has 7 heteroatoms. The largest absolute Gasteiger partial charge is 0.444 e. The van der Waals surface area contributed by atoms with Crippen molar-refractivity contribution in [1.82, 2.24) is 24.4 Å². The SMILES string of the molecule is Cn1ccnc1CCn1cncc1CCNC(=O)OC(C)(C)C. The smallest absolute Gasteiger partial charge is 0.407 e. The van der Waals surface area contributed by atoms with Gasteiger partial charge in [-0.25, -0.2) is 14.8 Å². The Balaban J connectivity index is 1.80. The van der Waals surface area contributed by atoms with Crippen LogP contribution in [0.15, 0.2) is 24.9 Å². The highest BCUT2D eigenvalue weighted by atomic mass is 16.6. The lowest BCUT2D eigenvalue weighted by molar-refractivity contribution is 0.0528. The molecular formula is C16H25N5O2. The number of aromatic nitrogens is 4. The van der Waals surface area contributed by atoms with Gasteiger partial charge < -0.3 is 19.2 Å². The van der Waals surface area contributed by atoms with Crippen LogP contribution in [0.4, 0.5) is 4.79 Å². The zero-order valence-electron chi connectivity index (χ0n) is 14.2. The van der Waals surface area contributed by atoms with Gasteiger partial charge in [0.2, 0.25) is 0 Å². The fraction of sp³-hybridized carbons (Fsp3) is 0.562. The molecule has 0 unspecified atom stereocenters. The van der Waals surface area contributed by atoms with Gasteiger partial charge in [0, 0.05) is 57.3 Å². The number of hydrogen-bond donors (Lipinski definition) is 1. The Hall–Kier alpha value is -2.31. The fourth-order valence-corrected chi connectivity index (χ4v) is 2.22. The van der Waals surface area contributed by atoms with Crippen molar-refractivity contribution in [2.45, 2.75) is 45.8 Å². The monoisotopic (exact) mass is 319 g/mol. The molecule has 23 heavy (non-hydrogen) atoms. The van der Waals surface area contributed by atoms with Gasteiger partial charge in [0.05, 0.1) is 6.33 Å². The third kappa shape index (κ3) is 5.43. The predicted octanol–water partition coefficient (Wildman–Crippen LogP) is 1.93. The molecule has 1 amide bonds. The van der Waals surface area contributed by atoms with E-state index in [2.05, 4.69) is 19.9 Å². The molecule has 2 aromatic rings. The summed E-state index contributed by atoms with van der Waals surface area (Å²) in [5.41, 5.74) is 0.601. The summed E-state index contributed by atoms with van der Waals surface area (Å²) in [6.45, 7) is 6.87. The highest BCUT2D eigenvalue weighted by Gasteiger charge is 2.15. The van der Waals surface area contributed by atoms with E-state index in [1.165, 1.54) is 0 Å². The molecule has 0 radical (unpaired) electrons. The van der Waals surface area contributed by atoms with Gasteiger partial charge in [-0.1, -0.05) is 0 Å². The summed E-state index contributed by atoms with van der Waals surface area (Å²) in [6.07, 6.45) is 8.54. The number of aryl methyl sites for hydroxylation is 3. The molecule has 1 N–H and O–H groups in total. The molecule has 0 saturated carbocycles. The van der Waals surface area contributed by atoms with Crippen LogP contribution in [0.1, 0.15) is 32.3 Å². The lowest BCUT2D eigenvalue weighted by atomic mass is 10.2. The first-order chi connectivity index (χ1) is 10.8. The third-order valence-electron chi connectivity index (χ3n) is 3.35. The van der Waals surface area contributed by atoms with Crippen molar-refractivity contribution in [3.63, 3.8) is 0 Å². The van der Waals surface area contributed by atoms with E-state index >= 15 is 0 Å². The second-order valence-corrected chi connectivity index (χ2v) is 6.46. The highest BCUT2D eigenvalue weighted by molar-refractivity contribution is 5.67. The van der Waals surface area contributed by atoms with Crippen LogP contribution in [0.5, 0.6) is 0 Å². The van der Waals surface area contributed by atoms with E-state index in [9.17, 15) is 4.79 Å². The molecule has 2 heterocycles. The number of carbonyl (C=O) groups excluding carboxylic acids is 1. The van der Waals surface area contributed by atoms with Crippen LogP contribution < -0.4 is 5.32 Å². The standard InChI is InChI=1S/C16H25N5O2/c1-16(2,3)23-15(22)19-7-5-13-11-17-12-21(13)9-6-14-18-8-10-20(14)4/h8,10-12H,5-7,9H2,1-4H3,(H,19,22). The van der Waals surface area contributed by atoms with Gasteiger partial charge in [-0.3, -0.25) is 0 Å². The molecular weight excluding hydrogens is 294 g/mol. The van der Waals surface area contributed by atoms with Crippen molar-refractivity contribution >= 4 is 6.09 Å². The molecule has 126 valence electrons. The van der Waals surface area contributed by atoms with Gasteiger partial charge in [0.15, 0.2) is 0 Å². The molecule has 0 atom stereocenters. The molecule has 2 aromatic heterocycles. The number of amides is 1. The summed E-state index contributed by atoms with van der Waals surface area (Å²) in [4.78, 5) is 20.1. The number of hydrogen-bond acceptors (Lipinski definition) is 4. The Morgan fingerprint density at radius 1 is 1.35 bits per heavy atom. The summed E-state index contributed by atoms with van der Waals surface area (Å²) in [6, 6.07) is 0. The van der Waals surface area contributed by atoms with Crippen LogP contribution in [0, 0.1) is 0 Å². The summed E-state index contributed by atoms with van der Waals surface area (Å²) in [5, 5.41) is 2.76. The van der Waals surface area contributed by atoms with Crippen LogP contribution >= 0.6 is 0 Å². The van der Waals surface area contributed by atoms with E-state index in [1.807, 2.05) is 51.1 Å². The first-order valence-electron chi connectivity index (χ1n) is 7.77. The average Bonchev–Trinajstić information content (AvgIpc) is 3.03. The molecule has 0 spiro atoms. The molecule has 0 bridgehead atoms. The molecule has 0 fully saturated rings. The number of alkyl carbamates (subject to hydrolysis) is 1. The molecule has 0 aliphatic rings. The van der Waals surface area contributed by atoms with E-state index in [-0.39, 0.29) is 0 Å². The lowest BCUT2D eigenvalue weighted by Crippen LogP contribution is -2.33. The highest BCUT2D eigenvalue weighted by Crippen LogP contribution is 2.07. The molecule has 0 aromatic carbocycles. The van der Waals surface area contributed by atoms with E-state index < -0.39 is 11.7 Å². The van der Waals surface area contributed by atoms with Crippen LogP contribution in [-0.2, 0) is 31.2 Å². The van der Waals surface area contributed by atoms with E-state index in [4.69, 9.17) is 4.74 Å². The minimum absolute atomic E-state index is 0.392. The lowest BCUT2D eigenvalue weighted by Gasteiger charge is -2.19. The Morgan fingerprint density at radius 2 is 2.13 bits per heavy atom. The zero-order valence-corrected chi connectivity index (χ0v) is 14.2. The zero-order chi connectivity index (χ0) is 16.9. The minimum Gasteiger partial charge on any atom is -0.444 e. The maximum atomic E-state index is 11.6. The Labute approximate surface area is 136 Å². The van der Waals surface area contributed by atoms with E-state index in [0.717, 1.165) is 24.5 Å². The molecule has 2 rings (SSSR count). The average molecular weight is 319 g/mol. The Bertz CT molecular complexity index is 639. The summed E-state index contributed by atoms with van der Waals surface area (Å²) in [5.74, 6) is 1.04. The number of nitrogens with zero attached hydrogens (tertiary/aromatic N) is 4. The maximum Gasteiger partial charge on any atom is 0.407 e. The second kappa shape index (κ2) is 7.30. The van der Waals surface area contributed by atoms with E-state index in [0.29, 0.717) is 13.0 Å². The number of ether oxygens (including phenoxy) is 1. The maximum absolute atomic E-state index is 11.6. The Morgan fingerprint density at radius 3 is 2.78 bits per heavy atom. The van der Waals surface area contributed by atoms with Gasteiger partial charge in [-0.15, -0.1) is 0 Å². The summed E-state index contributed by atoms with van der Waals surface area (Å²) < 4.78 is 9.32. The summed E-state index contributed by atoms with van der Waals surface area (Å²) >= 11 is 0. The van der Waals surface area contributed by atoms with Crippen molar-refractivity contribution in [3.05, 3.63) is 36.4 Å². The van der Waals surface area contributed by atoms with Gasteiger partial charge >= 0.3 is 6.09 Å². The van der Waals surface area contributed by atoms with Gasteiger partial charge in [-0.05, 0) is 20.8 Å². The number of carbonyl (C=O) groups is 1. The van der Waals surface area contributed by atoms with Crippen molar-refractivity contribution < 1.29 is 9.53 Å². The van der Waals surface area contributed by atoms with E-state index in [1.54, 1.807) is 6.20 Å². The van der Waals surface area contributed by atoms with Crippen LogP contribution in [-0.4, -0.2) is 37.3 Å². The van der Waals surface area contributed by atoms with Gasteiger partial charge in [-0.2, -0.15) is 0 Å². The first-order valence-corrected chi connectivity index (χ1v) is 7.77. The van der Waals surface area contributed by atoms with Crippen molar-refractivity contribution in [2.24, 2.45) is 7.05 Å². The topological polar surface area (TPSA) is 74.0 Å². The van der Waals surface area contributed by atoms with Crippen molar-refractivity contribution in [1.29, 1.82) is 0 Å². The van der Waals surface area contributed by atoms with Crippen molar-refractivity contribution in [2.75, 3.05) is 6.54 Å². The normalized spacial score (nSPS) is 11.5. The molecule has 0 saturated heterocycles. The predicted molar refractivity (Wildman–Crippen MR) is 87.1 cm³/mol. The molecule has 0 aliphatic heterocycles. The van der Waals surface area contributed by atoms with Gasteiger partial charge in [0.1, 0.15) is 11.4 Å². The number of rotatable bonds is 6. The molecule has 7 nitrogen and oxygen atoms in total. The van der Waals surface area contributed by atoms with Crippen LogP contribution in [0.25, 0.3) is 0 Å². The quantitative estimate of drug-likeness (QED) is 0.883. The molecule has 0 aliphatic carbocycles. The first kappa shape index (κ1) is 17.1. The fourth-order valence-electron chi connectivity index (χ4n) is 2.22. The number of imidazole rings is 2. The number of nitrogens with one attached hydrogen (secondary N) is 1.